The minimum atomic E-state index is 0.231. The van der Waals surface area contributed by atoms with E-state index in [2.05, 4.69) is 19.3 Å². The first kappa shape index (κ1) is 7.92. The van der Waals surface area contributed by atoms with E-state index < -0.39 is 0 Å². The van der Waals surface area contributed by atoms with E-state index in [1.54, 1.807) is 0 Å². The standard InChI is InChI=1S/C6H15NO/c1-5(2)4-6(3)7-8/h5-8H,4H2,1-3H3/t6-/m0/s1. The number of hydrogen-bond donors (Lipinski definition) is 2. The molecule has 0 rings (SSSR count). The van der Waals surface area contributed by atoms with Crippen molar-refractivity contribution in [2.45, 2.75) is 33.2 Å². The zero-order chi connectivity index (χ0) is 6.57. The Labute approximate surface area is 50.9 Å². The number of rotatable bonds is 3. The summed E-state index contributed by atoms with van der Waals surface area (Å²) in [6, 6.07) is 0.231. The topological polar surface area (TPSA) is 32.3 Å². The van der Waals surface area contributed by atoms with Gasteiger partial charge in [-0.1, -0.05) is 13.8 Å². The molecule has 0 saturated carbocycles. The van der Waals surface area contributed by atoms with E-state index in [1.165, 1.54) is 0 Å². The van der Waals surface area contributed by atoms with Crippen molar-refractivity contribution in [2.75, 3.05) is 0 Å². The van der Waals surface area contributed by atoms with Crippen molar-refractivity contribution in [3.63, 3.8) is 0 Å². The maximum Gasteiger partial charge on any atom is 0.0293 e. The summed E-state index contributed by atoms with van der Waals surface area (Å²) in [4.78, 5) is 0. The Morgan fingerprint density at radius 3 is 2.00 bits per heavy atom. The van der Waals surface area contributed by atoms with Crippen molar-refractivity contribution in [3.8, 4) is 0 Å². The van der Waals surface area contributed by atoms with Crippen molar-refractivity contribution in [1.82, 2.24) is 5.48 Å². The van der Waals surface area contributed by atoms with Crippen LogP contribution in [0.3, 0.4) is 0 Å². The molecule has 0 bridgehead atoms. The fourth-order valence-corrected chi connectivity index (χ4v) is 0.760. The molecule has 0 aliphatic carbocycles. The molecule has 0 amide bonds. The summed E-state index contributed by atoms with van der Waals surface area (Å²) in [6.07, 6.45) is 1.02. The van der Waals surface area contributed by atoms with Gasteiger partial charge in [0.15, 0.2) is 0 Å². The van der Waals surface area contributed by atoms with Crippen molar-refractivity contribution in [1.29, 1.82) is 0 Å². The SMILES string of the molecule is CC(C)C[C@H](C)NO. The Morgan fingerprint density at radius 2 is 1.88 bits per heavy atom. The highest BCUT2D eigenvalue weighted by atomic mass is 16.5. The van der Waals surface area contributed by atoms with Crippen LogP contribution in [-0.2, 0) is 0 Å². The molecule has 0 aliphatic heterocycles. The lowest BCUT2D eigenvalue weighted by atomic mass is 10.1. The predicted octanol–water partition coefficient (Wildman–Crippen LogP) is 1.40. The smallest absolute Gasteiger partial charge is 0.0293 e. The van der Waals surface area contributed by atoms with Gasteiger partial charge in [-0.25, -0.2) is 5.48 Å². The van der Waals surface area contributed by atoms with Crippen LogP contribution in [0.5, 0.6) is 0 Å². The van der Waals surface area contributed by atoms with Crippen LogP contribution in [0.15, 0.2) is 0 Å². The first-order chi connectivity index (χ1) is 3.66. The molecule has 8 heavy (non-hydrogen) atoms. The van der Waals surface area contributed by atoms with Crippen LogP contribution in [-0.4, -0.2) is 11.2 Å². The maximum absolute atomic E-state index is 8.33. The largest absolute Gasteiger partial charge is 0.317 e. The molecule has 50 valence electrons. The molecule has 0 spiro atoms. The van der Waals surface area contributed by atoms with Crippen LogP contribution in [0.25, 0.3) is 0 Å². The molecule has 0 radical (unpaired) electrons. The summed E-state index contributed by atoms with van der Waals surface area (Å²) < 4.78 is 0. The Kier molecular flexibility index (Phi) is 3.83. The molecule has 2 nitrogen and oxygen atoms in total. The van der Waals surface area contributed by atoms with Crippen LogP contribution < -0.4 is 5.48 Å². The summed E-state index contributed by atoms with van der Waals surface area (Å²) >= 11 is 0. The minimum Gasteiger partial charge on any atom is -0.317 e. The van der Waals surface area contributed by atoms with Crippen LogP contribution in [0.4, 0.5) is 0 Å². The summed E-state index contributed by atoms with van der Waals surface area (Å²) in [5.74, 6) is 0.657. The normalized spacial score (nSPS) is 14.6. The van der Waals surface area contributed by atoms with E-state index in [9.17, 15) is 0 Å². The second kappa shape index (κ2) is 3.87. The summed E-state index contributed by atoms with van der Waals surface area (Å²) in [6.45, 7) is 6.22. The summed E-state index contributed by atoms with van der Waals surface area (Å²) in [5, 5.41) is 8.33. The van der Waals surface area contributed by atoms with Crippen molar-refractivity contribution in [3.05, 3.63) is 0 Å². The van der Waals surface area contributed by atoms with Crippen LogP contribution in [0, 0.1) is 5.92 Å². The molecule has 0 fully saturated rings. The molecule has 0 aromatic rings. The predicted molar refractivity (Wildman–Crippen MR) is 33.8 cm³/mol. The molecule has 2 N–H and O–H groups in total. The molecule has 1 atom stereocenters. The second-order valence-corrected chi connectivity index (χ2v) is 2.66. The van der Waals surface area contributed by atoms with Crippen LogP contribution in [0.2, 0.25) is 0 Å². The van der Waals surface area contributed by atoms with Gasteiger partial charge in [0.1, 0.15) is 0 Å². The molecule has 0 heterocycles. The molecule has 0 aromatic heterocycles. The third-order valence-corrected chi connectivity index (χ3v) is 1.05. The second-order valence-electron chi connectivity index (χ2n) is 2.66. The van der Waals surface area contributed by atoms with Gasteiger partial charge >= 0.3 is 0 Å². The van der Waals surface area contributed by atoms with E-state index in [1.807, 2.05) is 6.92 Å². The molecule has 0 saturated heterocycles. The van der Waals surface area contributed by atoms with Gasteiger partial charge in [-0.15, -0.1) is 0 Å². The van der Waals surface area contributed by atoms with E-state index >= 15 is 0 Å². The highest BCUT2D eigenvalue weighted by molar-refractivity contribution is 4.55. The first-order valence-electron chi connectivity index (χ1n) is 3.06. The maximum atomic E-state index is 8.33. The molecular weight excluding hydrogens is 102 g/mol. The van der Waals surface area contributed by atoms with E-state index in [0.717, 1.165) is 6.42 Å². The van der Waals surface area contributed by atoms with Crippen LogP contribution >= 0.6 is 0 Å². The molecule has 0 aromatic carbocycles. The Balaban J connectivity index is 3.10. The average molecular weight is 117 g/mol. The summed E-state index contributed by atoms with van der Waals surface area (Å²) in [5.41, 5.74) is 2.20. The van der Waals surface area contributed by atoms with Gasteiger partial charge in [-0.3, -0.25) is 0 Å². The average Bonchev–Trinajstić information content (AvgIpc) is 1.65. The van der Waals surface area contributed by atoms with Gasteiger partial charge in [0, 0.05) is 6.04 Å². The van der Waals surface area contributed by atoms with Gasteiger partial charge in [-0.2, -0.15) is 0 Å². The summed E-state index contributed by atoms with van der Waals surface area (Å²) in [7, 11) is 0. The third-order valence-electron chi connectivity index (χ3n) is 1.05. The molecule has 0 aliphatic rings. The Morgan fingerprint density at radius 1 is 1.38 bits per heavy atom. The first-order valence-corrected chi connectivity index (χ1v) is 3.06. The van der Waals surface area contributed by atoms with E-state index in [-0.39, 0.29) is 6.04 Å². The highest BCUT2D eigenvalue weighted by Crippen LogP contribution is 2.01. The van der Waals surface area contributed by atoms with Crippen molar-refractivity contribution >= 4 is 0 Å². The van der Waals surface area contributed by atoms with Gasteiger partial charge < -0.3 is 5.21 Å². The molecule has 0 unspecified atom stereocenters. The van der Waals surface area contributed by atoms with Crippen molar-refractivity contribution in [2.24, 2.45) is 5.92 Å². The van der Waals surface area contributed by atoms with Crippen molar-refractivity contribution < 1.29 is 5.21 Å². The zero-order valence-electron chi connectivity index (χ0n) is 5.81. The number of nitrogens with one attached hydrogen (secondary N) is 1. The highest BCUT2D eigenvalue weighted by Gasteiger charge is 2.00. The number of hydrogen-bond acceptors (Lipinski definition) is 2. The van der Waals surface area contributed by atoms with Gasteiger partial charge in [-0.05, 0) is 19.3 Å². The Bertz CT molecular complexity index is 54.5. The fourth-order valence-electron chi connectivity index (χ4n) is 0.760. The van der Waals surface area contributed by atoms with E-state index in [0.29, 0.717) is 5.92 Å². The van der Waals surface area contributed by atoms with Gasteiger partial charge in [0.2, 0.25) is 0 Å². The quantitative estimate of drug-likeness (QED) is 0.548. The lowest BCUT2D eigenvalue weighted by Gasteiger charge is -2.10. The zero-order valence-corrected chi connectivity index (χ0v) is 5.81. The van der Waals surface area contributed by atoms with Crippen LogP contribution in [0.1, 0.15) is 27.2 Å². The Hall–Kier alpha value is -0.0800. The molecular formula is C6H15NO. The monoisotopic (exact) mass is 117 g/mol. The van der Waals surface area contributed by atoms with Gasteiger partial charge in [0.05, 0.1) is 0 Å². The fraction of sp³-hybridized carbons (Fsp3) is 1.00. The minimum absolute atomic E-state index is 0.231. The molecule has 2 heteroatoms. The lowest BCUT2D eigenvalue weighted by molar-refractivity contribution is 0.123. The number of hydroxylamine groups is 1. The van der Waals surface area contributed by atoms with E-state index in [4.69, 9.17) is 5.21 Å². The van der Waals surface area contributed by atoms with Gasteiger partial charge in [0.25, 0.3) is 0 Å². The lowest BCUT2D eigenvalue weighted by Crippen LogP contribution is -2.23. The third kappa shape index (κ3) is 4.09.